The lowest BCUT2D eigenvalue weighted by Gasteiger charge is -2.23. The Morgan fingerprint density at radius 3 is 2.58 bits per heavy atom. The normalized spacial score (nSPS) is 16.1. The SMILES string of the molecule is Cc1cc2c3c(c(N(C)c4ccccc4)nc2cc1OCCCN1CCCC1)CCC3. The Balaban J connectivity index is 1.42. The number of hydrogen-bond acceptors (Lipinski definition) is 4. The summed E-state index contributed by atoms with van der Waals surface area (Å²) >= 11 is 0. The van der Waals surface area contributed by atoms with Crippen molar-refractivity contribution in [1.29, 1.82) is 0 Å². The summed E-state index contributed by atoms with van der Waals surface area (Å²) in [6, 6.07) is 15.0. The fourth-order valence-electron chi connectivity index (χ4n) is 5.16. The van der Waals surface area contributed by atoms with Gasteiger partial charge in [0.05, 0.1) is 12.1 Å². The molecule has 2 aliphatic rings. The first-order valence-corrected chi connectivity index (χ1v) is 11.8. The van der Waals surface area contributed by atoms with Gasteiger partial charge in [-0.2, -0.15) is 0 Å². The highest BCUT2D eigenvalue weighted by Gasteiger charge is 2.23. The summed E-state index contributed by atoms with van der Waals surface area (Å²) in [5.74, 6) is 2.07. The topological polar surface area (TPSA) is 28.6 Å². The number of pyridine rings is 1. The highest BCUT2D eigenvalue weighted by Crippen LogP contribution is 2.39. The zero-order valence-corrected chi connectivity index (χ0v) is 18.9. The van der Waals surface area contributed by atoms with E-state index in [1.807, 2.05) is 0 Å². The van der Waals surface area contributed by atoms with Crippen molar-refractivity contribution in [3.8, 4) is 5.75 Å². The fraction of sp³-hybridized carbons (Fsp3) is 0.444. The summed E-state index contributed by atoms with van der Waals surface area (Å²) in [4.78, 5) is 9.94. The molecule has 1 saturated heterocycles. The molecule has 1 aromatic heterocycles. The average molecular weight is 416 g/mol. The summed E-state index contributed by atoms with van der Waals surface area (Å²) in [7, 11) is 2.13. The van der Waals surface area contributed by atoms with E-state index in [1.165, 1.54) is 60.1 Å². The van der Waals surface area contributed by atoms with Crippen LogP contribution in [0.3, 0.4) is 0 Å². The van der Waals surface area contributed by atoms with Gasteiger partial charge in [0.2, 0.25) is 0 Å². The second kappa shape index (κ2) is 8.88. The Labute approximate surface area is 185 Å². The minimum absolute atomic E-state index is 0.768. The van der Waals surface area contributed by atoms with Crippen LogP contribution in [0.2, 0.25) is 0 Å². The van der Waals surface area contributed by atoms with E-state index in [0.29, 0.717) is 0 Å². The van der Waals surface area contributed by atoms with Gasteiger partial charge < -0.3 is 14.5 Å². The molecule has 2 heterocycles. The first kappa shape index (κ1) is 20.3. The van der Waals surface area contributed by atoms with Crippen LogP contribution in [0.15, 0.2) is 42.5 Å². The summed E-state index contributed by atoms with van der Waals surface area (Å²) in [6.45, 7) is 6.58. The molecule has 1 aliphatic carbocycles. The maximum Gasteiger partial charge on any atom is 0.136 e. The molecule has 1 aliphatic heterocycles. The largest absolute Gasteiger partial charge is 0.493 e. The summed E-state index contributed by atoms with van der Waals surface area (Å²) in [6.07, 6.45) is 7.23. The Morgan fingerprint density at radius 2 is 1.77 bits per heavy atom. The fourth-order valence-corrected chi connectivity index (χ4v) is 5.16. The van der Waals surface area contributed by atoms with Crippen molar-refractivity contribution in [3.63, 3.8) is 0 Å². The van der Waals surface area contributed by atoms with E-state index in [-0.39, 0.29) is 0 Å². The number of nitrogens with zero attached hydrogens (tertiary/aromatic N) is 3. The molecule has 0 N–H and O–H groups in total. The number of fused-ring (bicyclic) bond motifs is 3. The van der Waals surface area contributed by atoms with Gasteiger partial charge in [0.15, 0.2) is 0 Å². The first-order valence-electron chi connectivity index (χ1n) is 11.8. The average Bonchev–Trinajstić information content (AvgIpc) is 3.49. The lowest BCUT2D eigenvalue weighted by molar-refractivity contribution is 0.262. The van der Waals surface area contributed by atoms with Gasteiger partial charge in [-0.25, -0.2) is 4.98 Å². The van der Waals surface area contributed by atoms with Gasteiger partial charge in [0.1, 0.15) is 11.6 Å². The highest BCUT2D eigenvalue weighted by molar-refractivity contribution is 5.89. The van der Waals surface area contributed by atoms with Crippen molar-refractivity contribution in [3.05, 3.63) is 59.2 Å². The van der Waals surface area contributed by atoms with Crippen molar-refractivity contribution >= 4 is 22.4 Å². The highest BCUT2D eigenvalue weighted by atomic mass is 16.5. The lowest BCUT2D eigenvalue weighted by Crippen LogP contribution is -2.22. The maximum absolute atomic E-state index is 6.23. The van der Waals surface area contributed by atoms with Crippen LogP contribution in [0, 0.1) is 6.92 Å². The van der Waals surface area contributed by atoms with Gasteiger partial charge in [0.25, 0.3) is 0 Å². The number of para-hydroxylation sites is 1. The van der Waals surface area contributed by atoms with Gasteiger partial charge in [-0.1, -0.05) is 18.2 Å². The molecule has 0 unspecified atom stereocenters. The van der Waals surface area contributed by atoms with E-state index in [1.54, 1.807) is 0 Å². The van der Waals surface area contributed by atoms with E-state index >= 15 is 0 Å². The number of aromatic nitrogens is 1. The van der Waals surface area contributed by atoms with Gasteiger partial charge in [-0.3, -0.25) is 0 Å². The van der Waals surface area contributed by atoms with Gasteiger partial charge in [-0.15, -0.1) is 0 Å². The van der Waals surface area contributed by atoms with Crippen molar-refractivity contribution in [1.82, 2.24) is 9.88 Å². The molecule has 0 bridgehead atoms. The van der Waals surface area contributed by atoms with Crippen LogP contribution >= 0.6 is 0 Å². The third-order valence-electron chi connectivity index (χ3n) is 6.87. The second-order valence-corrected chi connectivity index (χ2v) is 9.03. The van der Waals surface area contributed by atoms with Gasteiger partial charge in [0, 0.05) is 30.7 Å². The minimum atomic E-state index is 0.768. The number of benzene rings is 2. The number of ether oxygens (including phenoxy) is 1. The van der Waals surface area contributed by atoms with Crippen LogP contribution in [-0.2, 0) is 12.8 Å². The number of aryl methyl sites for hydroxylation is 2. The Hall–Kier alpha value is -2.59. The summed E-state index contributed by atoms with van der Waals surface area (Å²) in [5.41, 5.74) is 6.34. The molecule has 0 radical (unpaired) electrons. The lowest BCUT2D eigenvalue weighted by atomic mass is 10.0. The number of likely N-dealkylation sites (tertiary alicyclic amines) is 1. The van der Waals surface area contributed by atoms with Crippen LogP contribution in [0.1, 0.15) is 42.4 Å². The third kappa shape index (κ3) is 4.14. The molecule has 4 heteroatoms. The molecule has 5 rings (SSSR count). The zero-order valence-electron chi connectivity index (χ0n) is 18.9. The minimum Gasteiger partial charge on any atom is -0.493 e. The molecular weight excluding hydrogens is 382 g/mol. The van der Waals surface area contributed by atoms with Crippen molar-refractivity contribution < 1.29 is 4.74 Å². The maximum atomic E-state index is 6.23. The van der Waals surface area contributed by atoms with Crippen molar-refractivity contribution in [2.75, 3.05) is 38.2 Å². The number of anilines is 2. The quantitative estimate of drug-likeness (QED) is 0.465. The molecular formula is C27H33N3O. The monoisotopic (exact) mass is 415 g/mol. The molecule has 0 amide bonds. The molecule has 31 heavy (non-hydrogen) atoms. The van der Waals surface area contributed by atoms with Crippen LogP contribution < -0.4 is 9.64 Å². The predicted octanol–water partition coefficient (Wildman–Crippen LogP) is 5.66. The standard InChI is InChI=1S/C27H33N3O/c1-20-18-24-22-12-8-13-23(22)27(29(2)21-10-4-3-5-11-21)28-25(24)19-26(20)31-17-9-16-30-14-6-7-15-30/h3-5,10-11,18-19H,6-9,12-17H2,1-2H3. The Kier molecular flexibility index (Phi) is 5.82. The molecule has 2 aromatic carbocycles. The van der Waals surface area contributed by atoms with Crippen LogP contribution in [-0.4, -0.2) is 43.2 Å². The van der Waals surface area contributed by atoms with E-state index in [4.69, 9.17) is 9.72 Å². The predicted molar refractivity (Wildman–Crippen MR) is 129 cm³/mol. The van der Waals surface area contributed by atoms with Crippen LogP contribution in [0.25, 0.3) is 10.9 Å². The number of hydrogen-bond donors (Lipinski definition) is 0. The molecule has 3 aromatic rings. The van der Waals surface area contributed by atoms with E-state index in [2.05, 4.69) is 66.2 Å². The summed E-state index contributed by atoms with van der Waals surface area (Å²) < 4.78 is 6.23. The van der Waals surface area contributed by atoms with E-state index in [0.717, 1.165) is 49.5 Å². The smallest absolute Gasteiger partial charge is 0.136 e. The van der Waals surface area contributed by atoms with Gasteiger partial charge >= 0.3 is 0 Å². The molecule has 4 nitrogen and oxygen atoms in total. The molecule has 0 spiro atoms. The molecule has 1 fully saturated rings. The Morgan fingerprint density at radius 1 is 1.00 bits per heavy atom. The van der Waals surface area contributed by atoms with Crippen LogP contribution in [0.5, 0.6) is 5.75 Å². The van der Waals surface area contributed by atoms with E-state index in [9.17, 15) is 0 Å². The first-order chi connectivity index (χ1) is 15.2. The van der Waals surface area contributed by atoms with E-state index < -0.39 is 0 Å². The molecule has 0 atom stereocenters. The second-order valence-electron chi connectivity index (χ2n) is 9.03. The van der Waals surface area contributed by atoms with Crippen LogP contribution in [0.4, 0.5) is 11.5 Å². The zero-order chi connectivity index (χ0) is 21.2. The Bertz CT molecular complexity index is 1060. The summed E-state index contributed by atoms with van der Waals surface area (Å²) in [5, 5.41) is 1.31. The number of rotatable bonds is 7. The molecule has 0 saturated carbocycles. The van der Waals surface area contributed by atoms with Crippen molar-refractivity contribution in [2.24, 2.45) is 0 Å². The van der Waals surface area contributed by atoms with Crippen molar-refractivity contribution in [2.45, 2.75) is 45.4 Å². The van der Waals surface area contributed by atoms with Gasteiger partial charge in [-0.05, 0) is 93.4 Å². The third-order valence-corrected chi connectivity index (χ3v) is 6.87. The molecule has 162 valence electrons.